The van der Waals surface area contributed by atoms with Gasteiger partial charge in [0.25, 0.3) is 0 Å². The third-order valence-corrected chi connectivity index (χ3v) is 4.76. The Balaban J connectivity index is 1.63. The van der Waals surface area contributed by atoms with Crippen LogP contribution in [-0.2, 0) is 4.74 Å². The normalized spacial score (nSPS) is 15.0. The Morgan fingerprint density at radius 1 is 1.04 bits per heavy atom. The lowest BCUT2D eigenvalue weighted by Crippen LogP contribution is -2.38. The van der Waals surface area contributed by atoms with Crippen molar-refractivity contribution in [3.05, 3.63) is 52.7 Å². The molecule has 1 saturated heterocycles. The number of phenolic OH excluding ortho intramolecular Hbond substituents is 2. The van der Waals surface area contributed by atoms with E-state index in [2.05, 4.69) is 4.90 Å². The Hall–Kier alpha value is -3.03. The van der Waals surface area contributed by atoms with Crippen LogP contribution in [0.4, 0.5) is 0 Å². The Kier molecular flexibility index (Phi) is 5.18. The monoisotopic (exact) mass is 383 g/mol. The van der Waals surface area contributed by atoms with E-state index >= 15 is 0 Å². The van der Waals surface area contributed by atoms with Gasteiger partial charge >= 0.3 is 0 Å². The van der Waals surface area contributed by atoms with Crippen LogP contribution in [0.25, 0.3) is 22.3 Å². The molecule has 7 heteroatoms. The highest BCUT2D eigenvalue weighted by atomic mass is 16.5. The van der Waals surface area contributed by atoms with Crippen molar-refractivity contribution in [3.63, 3.8) is 0 Å². The molecule has 1 aliphatic rings. The number of hydrogen-bond acceptors (Lipinski definition) is 7. The molecule has 4 rings (SSSR count). The second kappa shape index (κ2) is 7.92. The van der Waals surface area contributed by atoms with Crippen molar-refractivity contribution >= 4 is 11.0 Å². The first-order valence-corrected chi connectivity index (χ1v) is 9.14. The highest BCUT2D eigenvalue weighted by molar-refractivity contribution is 5.89. The number of ether oxygens (including phenoxy) is 2. The number of phenols is 2. The summed E-state index contributed by atoms with van der Waals surface area (Å²) in [7, 11) is 0. The first-order chi connectivity index (χ1) is 13.6. The summed E-state index contributed by atoms with van der Waals surface area (Å²) in [4.78, 5) is 14.7. The van der Waals surface area contributed by atoms with Crippen LogP contribution in [0, 0.1) is 0 Å². The average molecular weight is 383 g/mol. The van der Waals surface area contributed by atoms with Gasteiger partial charge in [-0.25, -0.2) is 0 Å². The summed E-state index contributed by atoms with van der Waals surface area (Å²) in [6.07, 6.45) is 0. The fourth-order valence-electron chi connectivity index (χ4n) is 3.23. The molecule has 1 fully saturated rings. The van der Waals surface area contributed by atoms with Crippen LogP contribution in [0.5, 0.6) is 17.2 Å². The Morgan fingerprint density at radius 2 is 1.79 bits per heavy atom. The fraction of sp³-hybridized carbons (Fsp3) is 0.286. The molecular formula is C21H21NO6. The van der Waals surface area contributed by atoms with E-state index in [-0.39, 0.29) is 16.7 Å². The van der Waals surface area contributed by atoms with Crippen LogP contribution in [-0.4, -0.2) is 54.6 Å². The van der Waals surface area contributed by atoms with Gasteiger partial charge in [-0.05, 0) is 0 Å². The number of fused-ring (bicyclic) bond motifs is 1. The summed E-state index contributed by atoms with van der Waals surface area (Å²) in [6, 6.07) is 11.9. The molecule has 0 unspecified atom stereocenters. The van der Waals surface area contributed by atoms with E-state index in [1.807, 2.05) is 30.3 Å². The van der Waals surface area contributed by atoms with Crippen molar-refractivity contribution in [1.82, 2.24) is 4.90 Å². The van der Waals surface area contributed by atoms with Gasteiger partial charge in [-0.15, -0.1) is 0 Å². The van der Waals surface area contributed by atoms with Crippen LogP contribution < -0.4 is 10.2 Å². The quantitative estimate of drug-likeness (QED) is 0.654. The van der Waals surface area contributed by atoms with Gasteiger partial charge < -0.3 is 24.1 Å². The molecule has 0 aliphatic carbocycles. The maximum absolute atomic E-state index is 12.5. The number of hydrogen-bond donors (Lipinski definition) is 2. The lowest BCUT2D eigenvalue weighted by molar-refractivity contribution is 0.0321. The van der Waals surface area contributed by atoms with Crippen LogP contribution in [0.1, 0.15) is 0 Å². The van der Waals surface area contributed by atoms with Gasteiger partial charge in [-0.3, -0.25) is 9.69 Å². The minimum Gasteiger partial charge on any atom is -0.504 e. The molecule has 0 bridgehead atoms. The standard InChI is InChI=1S/C21H21NO6/c23-15-12-16(14-4-2-1-3-5-14)28-17-13-18(20(24)21(25)19(15)17)27-11-8-22-6-9-26-10-7-22/h1-5,12-13,24-25H,6-11H2. The van der Waals surface area contributed by atoms with Crippen molar-refractivity contribution in [1.29, 1.82) is 0 Å². The van der Waals surface area contributed by atoms with Gasteiger partial charge in [0, 0.05) is 37.3 Å². The summed E-state index contributed by atoms with van der Waals surface area (Å²) in [5.41, 5.74) is 0.458. The van der Waals surface area contributed by atoms with E-state index < -0.39 is 16.9 Å². The predicted octanol–water partition coefficient (Wildman–Crippen LogP) is 2.58. The van der Waals surface area contributed by atoms with E-state index in [0.717, 1.165) is 18.7 Å². The lowest BCUT2D eigenvalue weighted by Gasteiger charge is -2.26. The molecule has 1 aromatic heterocycles. The largest absolute Gasteiger partial charge is 0.504 e. The van der Waals surface area contributed by atoms with E-state index in [9.17, 15) is 15.0 Å². The van der Waals surface area contributed by atoms with Crippen LogP contribution in [0.15, 0.2) is 51.7 Å². The smallest absolute Gasteiger partial charge is 0.201 e. The van der Waals surface area contributed by atoms with Crippen molar-refractivity contribution in [2.24, 2.45) is 0 Å². The molecule has 28 heavy (non-hydrogen) atoms. The fourth-order valence-corrected chi connectivity index (χ4v) is 3.23. The van der Waals surface area contributed by atoms with Crippen molar-refractivity contribution in [3.8, 4) is 28.6 Å². The third-order valence-electron chi connectivity index (χ3n) is 4.76. The molecule has 2 aromatic carbocycles. The average Bonchev–Trinajstić information content (AvgIpc) is 2.72. The SMILES string of the molecule is O=c1cc(-c2ccccc2)oc2cc(OCCN3CCOCC3)c(O)c(O)c12. The molecule has 0 radical (unpaired) electrons. The summed E-state index contributed by atoms with van der Waals surface area (Å²) >= 11 is 0. The van der Waals surface area contributed by atoms with Crippen molar-refractivity contribution < 1.29 is 24.1 Å². The highest BCUT2D eigenvalue weighted by Crippen LogP contribution is 2.41. The molecule has 0 saturated carbocycles. The zero-order valence-electron chi connectivity index (χ0n) is 15.3. The summed E-state index contributed by atoms with van der Waals surface area (Å²) in [5.74, 6) is -0.546. The number of aromatic hydroxyl groups is 2. The number of morpholine rings is 1. The van der Waals surface area contributed by atoms with E-state index in [0.29, 0.717) is 32.1 Å². The minimum absolute atomic E-state index is 0.0716. The van der Waals surface area contributed by atoms with Crippen molar-refractivity contribution in [2.45, 2.75) is 0 Å². The minimum atomic E-state index is -0.535. The molecule has 1 aliphatic heterocycles. The van der Waals surface area contributed by atoms with Crippen LogP contribution in [0.3, 0.4) is 0 Å². The van der Waals surface area contributed by atoms with E-state index in [1.54, 1.807) is 0 Å². The molecule has 3 aromatic rings. The van der Waals surface area contributed by atoms with Crippen LogP contribution in [0.2, 0.25) is 0 Å². The summed E-state index contributed by atoms with van der Waals surface area (Å²) in [6.45, 7) is 4.02. The Morgan fingerprint density at radius 3 is 2.54 bits per heavy atom. The molecule has 2 N–H and O–H groups in total. The third kappa shape index (κ3) is 3.67. The maximum atomic E-state index is 12.5. The molecule has 0 amide bonds. The first-order valence-electron chi connectivity index (χ1n) is 9.14. The molecular weight excluding hydrogens is 362 g/mol. The number of nitrogens with zero attached hydrogens (tertiary/aromatic N) is 1. The van der Waals surface area contributed by atoms with Gasteiger partial charge in [0.15, 0.2) is 16.9 Å². The molecule has 0 spiro atoms. The van der Waals surface area contributed by atoms with Gasteiger partial charge in [0.05, 0.1) is 13.2 Å². The van der Waals surface area contributed by atoms with Gasteiger partial charge in [-0.1, -0.05) is 30.3 Å². The summed E-state index contributed by atoms with van der Waals surface area (Å²) < 4.78 is 16.8. The first kappa shape index (κ1) is 18.3. The maximum Gasteiger partial charge on any atom is 0.201 e. The second-order valence-corrected chi connectivity index (χ2v) is 6.59. The molecule has 0 atom stereocenters. The number of rotatable bonds is 5. The Labute approximate surface area is 161 Å². The van der Waals surface area contributed by atoms with E-state index in [1.165, 1.54) is 12.1 Å². The Bertz CT molecular complexity index is 1020. The molecule has 7 nitrogen and oxygen atoms in total. The topological polar surface area (TPSA) is 92.4 Å². The van der Waals surface area contributed by atoms with Gasteiger partial charge in [-0.2, -0.15) is 0 Å². The molecule has 2 heterocycles. The lowest BCUT2D eigenvalue weighted by atomic mass is 10.1. The predicted molar refractivity (Wildman–Crippen MR) is 104 cm³/mol. The number of benzene rings is 2. The van der Waals surface area contributed by atoms with Gasteiger partial charge in [0.1, 0.15) is 23.3 Å². The van der Waals surface area contributed by atoms with Gasteiger partial charge in [0.2, 0.25) is 5.75 Å². The molecule has 146 valence electrons. The van der Waals surface area contributed by atoms with Crippen molar-refractivity contribution in [2.75, 3.05) is 39.5 Å². The second-order valence-electron chi connectivity index (χ2n) is 6.59. The van der Waals surface area contributed by atoms with Crippen LogP contribution >= 0.6 is 0 Å². The van der Waals surface area contributed by atoms with E-state index in [4.69, 9.17) is 13.9 Å². The highest BCUT2D eigenvalue weighted by Gasteiger charge is 2.19. The zero-order valence-corrected chi connectivity index (χ0v) is 15.3. The summed E-state index contributed by atoms with van der Waals surface area (Å²) in [5, 5.41) is 20.5. The zero-order chi connectivity index (χ0) is 19.5.